The van der Waals surface area contributed by atoms with Gasteiger partial charge in [0.15, 0.2) is 11.4 Å². The van der Waals surface area contributed by atoms with Gasteiger partial charge in [0.25, 0.3) is 0 Å². The molecule has 0 fully saturated rings. The number of ether oxygens (including phenoxy) is 3. The highest BCUT2D eigenvalue weighted by atomic mass is 16.5. The topological polar surface area (TPSA) is 83.7 Å². The number of hydrogen-bond donors (Lipinski definition) is 1. The minimum absolute atomic E-state index is 0.0334. The Morgan fingerprint density at radius 1 is 1.33 bits per heavy atom. The lowest BCUT2D eigenvalue weighted by Crippen LogP contribution is -2.09. The van der Waals surface area contributed by atoms with Crippen molar-refractivity contribution in [1.29, 1.82) is 0 Å². The molecular formula is C9H12N2O4. The number of nitrogens with zero attached hydrogens (tertiary/aromatic N) is 1. The lowest BCUT2D eigenvalue weighted by molar-refractivity contribution is 0.0589. The SMILES string of the molecule is COC(=O)c1nc(OC)c(N)cc1OC. The Hall–Kier alpha value is -1.98. The second-order valence-electron chi connectivity index (χ2n) is 2.63. The molecule has 82 valence electrons. The number of aromatic nitrogens is 1. The second kappa shape index (κ2) is 4.50. The number of nitrogens with two attached hydrogens (primary N) is 1. The van der Waals surface area contributed by atoms with Gasteiger partial charge in [0.1, 0.15) is 0 Å². The van der Waals surface area contributed by atoms with E-state index in [9.17, 15) is 4.79 Å². The maximum absolute atomic E-state index is 11.3. The molecule has 0 aliphatic rings. The van der Waals surface area contributed by atoms with E-state index in [0.717, 1.165) is 0 Å². The highest BCUT2D eigenvalue weighted by molar-refractivity contribution is 5.91. The van der Waals surface area contributed by atoms with E-state index < -0.39 is 5.97 Å². The molecule has 1 heterocycles. The smallest absolute Gasteiger partial charge is 0.360 e. The summed E-state index contributed by atoms with van der Waals surface area (Å²) in [5.74, 6) is -0.193. The molecule has 0 saturated heterocycles. The van der Waals surface area contributed by atoms with Crippen molar-refractivity contribution in [3.8, 4) is 11.6 Å². The standard InChI is InChI=1S/C9H12N2O4/c1-13-6-4-5(10)8(14-2)11-7(6)9(12)15-3/h4H,10H2,1-3H3. The summed E-state index contributed by atoms with van der Waals surface area (Å²) in [7, 11) is 4.08. The molecule has 0 aliphatic carbocycles. The summed E-state index contributed by atoms with van der Waals surface area (Å²) in [4.78, 5) is 15.2. The molecule has 0 amide bonds. The summed E-state index contributed by atoms with van der Waals surface area (Å²) in [6.07, 6.45) is 0. The Kier molecular flexibility index (Phi) is 3.33. The van der Waals surface area contributed by atoms with Crippen LogP contribution in [0.3, 0.4) is 0 Å². The zero-order chi connectivity index (χ0) is 11.4. The lowest BCUT2D eigenvalue weighted by atomic mass is 10.3. The van der Waals surface area contributed by atoms with Gasteiger partial charge in [-0.25, -0.2) is 9.78 Å². The van der Waals surface area contributed by atoms with Crippen LogP contribution in [0.15, 0.2) is 6.07 Å². The van der Waals surface area contributed by atoms with Gasteiger partial charge in [-0.15, -0.1) is 0 Å². The number of nitrogen functional groups attached to an aromatic ring is 1. The molecule has 1 aromatic rings. The van der Waals surface area contributed by atoms with Crippen LogP contribution in [-0.4, -0.2) is 32.3 Å². The molecular weight excluding hydrogens is 200 g/mol. The second-order valence-corrected chi connectivity index (χ2v) is 2.63. The number of rotatable bonds is 3. The number of pyridine rings is 1. The zero-order valence-electron chi connectivity index (χ0n) is 8.73. The van der Waals surface area contributed by atoms with E-state index >= 15 is 0 Å². The highest BCUT2D eigenvalue weighted by Gasteiger charge is 2.18. The van der Waals surface area contributed by atoms with Gasteiger partial charge in [-0.3, -0.25) is 0 Å². The van der Waals surface area contributed by atoms with E-state index in [2.05, 4.69) is 9.72 Å². The lowest BCUT2D eigenvalue weighted by Gasteiger charge is -2.09. The van der Waals surface area contributed by atoms with Crippen LogP contribution in [0.1, 0.15) is 10.5 Å². The van der Waals surface area contributed by atoms with Crippen molar-refractivity contribution < 1.29 is 19.0 Å². The Bertz CT molecular complexity index is 379. The number of carbonyl (C=O) groups is 1. The van der Waals surface area contributed by atoms with Gasteiger partial charge >= 0.3 is 5.97 Å². The van der Waals surface area contributed by atoms with Crippen molar-refractivity contribution in [3.63, 3.8) is 0 Å². The third-order valence-electron chi connectivity index (χ3n) is 1.77. The Labute approximate surface area is 87.0 Å². The zero-order valence-corrected chi connectivity index (χ0v) is 8.73. The molecule has 2 N–H and O–H groups in total. The first-order valence-corrected chi connectivity index (χ1v) is 4.10. The average Bonchev–Trinajstić information content (AvgIpc) is 2.27. The van der Waals surface area contributed by atoms with E-state index in [1.165, 1.54) is 27.4 Å². The maximum Gasteiger partial charge on any atom is 0.360 e. The van der Waals surface area contributed by atoms with Crippen molar-refractivity contribution in [2.75, 3.05) is 27.1 Å². The minimum Gasteiger partial charge on any atom is -0.494 e. The van der Waals surface area contributed by atoms with Crippen LogP contribution in [0.4, 0.5) is 5.69 Å². The molecule has 0 radical (unpaired) electrons. The van der Waals surface area contributed by atoms with Gasteiger partial charge in [0.2, 0.25) is 5.88 Å². The summed E-state index contributed by atoms with van der Waals surface area (Å²) in [5.41, 5.74) is 5.93. The van der Waals surface area contributed by atoms with Crippen LogP contribution < -0.4 is 15.2 Å². The molecule has 1 rings (SSSR count). The largest absolute Gasteiger partial charge is 0.494 e. The van der Waals surface area contributed by atoms with Crippen LogP contribution in [-0.2, 0) is 4.74 Å². The van der Waals surface area contributed by atoms with Crippen LogP contribution in [0.25, 0.3) is 0 Å². The summed E-state index contributed by atoms with van der Waals surface area (Å²) >= 11 is 0. The maximum atomic E-state index is 11.3. The molecule has 0 bridgehead atoms. The fourth-order valence-corrected chi connectivity index (χ4v) is 1.05. The van der Waals surface area contributed by atoms with Crippen LogP contribution in [0, 0.1) is 0 Å². The molecule has 1 aromatic heterocycles. The first-order valence-electron chi connectivity index (χ1n) is 4.10. The monoisotopic (exact) mass is 212 g/mol. The van der Waals surface area contributed by atoms with Gasteiger partial charge in [-0.2, -0.15) is 0 Å². The third-order valence-corrected chi connectivity index (χ3v) is 1.77. The number of anilines is 1. The molecule has 0 spiro atoms. The van der Waals surface area contributed by atoms with Crippen LogP contribution >= 0.6 is 0 Å². The number of esters is 1. The summed E-state index contributed by atoms with van der Waals surface area (Å²) in [6, 6.07) is 1.46. The molecule has 0 unspecified atom stereocenters. The summed E-state index contributed by atoms with van der Waals surface area (Å²) in [6.45, 7) is 0. The van der Waals surface area contributed by atoms with Gasteiger partial charge in [-0.1, -0.05) is 0 Å². The Morgan fingerprint density at radius 3 is 2.47 bits per heavy atom. The first kappa shape index (κ1) is 11.1. The average molecular weight is 212 g/mol. The van der Waals surface area contributed by atoms with Crippen molar-refractivity contribution in [2.24, 2.45) is 0 Å². The predicted octanol–water partition coefficient (Wildman–Crippen LogP) is 0.468. The number of hydrogen-bond acceptors (Lipinski definition) is 6. The van der Waals surface area contributed by atoms with Crippen LogP contribution in [0.2, 0.25) is 0 Å². The molecule has 0 aliphatic heterocycles. The van der Waals surface area contributed by atoms with Gasteiger partial charge < -0.3 is 19.9 Å². The molecule has 0 aromatic carbocycles. The normalized spacial score (nSPS) is 9.53. The van der Waals surface area contributed by atoms with E-state index in [0.29, 0.717) is 5.69 Å². The van der Waals surface area contributed by atoms with Crippen LogP contribution in [0.5, 0.6) is 11.6 Å². The summed E-state index contributed by atoms with van der Waals surface area (Å²) < 4.78 is 14.4. The summed E-state index contributed by atoms with van der Waals surface area (Å²) in [5, 5.41) is 0. The Balaban J connectivity index is 3.28. The molecule has 6 nitrogen and oxygen atoms in total. The quantitative estimate of drug-likeness (QED) is 0.733. The molecule has 0 atom stereocenters. The van der Waals surface area contributed by atoms with E-state index in [4.69, 9.17) is 15.2 Å². The minimum atomic E-state index is -0.606. The van der Waals surface area contributed by atoms with Gasteiger partial charge in [0, 0.05) is 6.07 Å². The predicted molar refractivity (Wildman–Crippen MR) is 53.1 cm³/mol. The van der Waals surface area contributed by atoms with Gasteiger partial charge in [-0.05, 0) is 0 Å². The van der Waals surface area contributed by atoms with E-state index in [1.807, 2.05) is 0 Å². The molecule has 0 saturated carbocycles. The van der Waals surface area contributed by atoms with E-state index in [1.54, 1.807) is 0 Å². The highest BCUT2D eigenvalue weighted by Crippen LogP contribution is 2.27. The van der Waals surface area contributed by atoms with Crippen molar-refractivity contribution in [3.05, 3.63) is 11.8 Å². The fraction of sp³-hybridized carbons (Fsp3) is 0.333. The number of methoxy groups -OCH3 is 3. The Morgan fingerprint density at radius 2 is 2.00 bits per heavy atom. The molecule has 6 heteroatoms. The van der Waals surface area contributed by atoms with E-state index in [-0.39, 0.29) is 17.3 Å². The third kappa shape index (κ3) is 2.09. The van der Waals surface area contributed by atoms with Gasteiger partial charge in [0.05, 0.1) is 27.0 Å². The number of carbonyl (C=O) groups excluding carboxylic acids is 1. The van der Waals surface area contributed by atoms with Crippen molar-refractivity contribution >= 4 is 11.7 Å². The van der Waals surface area contributed by atoms with Crippen molar-refractivity contribution in [2.45, 2.75) is 0 Å². The molecule has 15 heavy (non-hydrogen) atoms. The van der Waals surface area contributed by atoms with Crippen molar-refractivity contribution in [1.82, 2.24) is 4.98 Å². The fourth-order valence-electron chi connectivity index (χ4n) is 1.05. The first-order chi connectivity index (χ1) is 7.13.